The monoisotopic (exact) mass is 1100 g/mol. The molecule has 1 fully saturated rings. The van der Waals surface area contributed by atoms with E-state index in [1.54, 1.807) is 0 Å². The number of hydrogen-bond acceptors (Lipinski definition) is 11. The maximum atomic E-state index is 13.1. The van der Waals surface area contributed by atoms with Gasteiger partial charge in [0.1, 0.15) is 18.8 Å². The summed E-state index contributed by atoms with van der Waals surface area (Å²) in [7, 11) is 0. The lowest BCUT2D eigenvalue weighted by atomic mass is 9.98. The quantitative estimate of drug-likeness (QED) is 0.0228. The fraction of sp³-hybridized carbons (Fsp3) is 0.612. The minimum absolute atomic E-state index is 0.0184. The van der Waals surface area contributed by atoms with Gasteiger partial charge in [-0.05, 0) is 109 Å². The van der Waals surface area contributed by atoms with Crippen molar-refractivity contribution in [3.63, 3.8) is 0 Å². The Morgan fingerprint density at radius 1 is 0.430 bits per heavy atom. The Balaban J connectivity index is 2.76. The van der Waals surface area contributed by atoms with Crippen LogP contribution < -0.4 is 0 Å². The summed E-state index contributed by atoms with van der Waals surface area (Å²) in [4.78, 5) is 51.1. The highest BCUT2D eigenvalue weighted by atomic mass is 16.7. The van der Waals surface area contributed by atoms with Gasteiger partial charge in [0.25, 0.3) is 0 Å². The van der Waals surface area contributed by atoms with Crippen LogP contribution in [-0.2, 0) is 42.9 Å². The zero-order valence-corrected chi connectivity index (χ0v) is 48.8. The number of ether oxygens (including phenoxy) is 5. The van der Waals surface area contributed by atoms with Crippen LogP contribution in [0.4, 0.5) is 0 Å². The maximum Gasteiger partial charge on any atom is 0.335 e. The first-order valence-electron chi connectivity index (χ1n) is 30.2. The van der Waals surface area contributed by atoms with E-state index in [1.807, 2.05) is 30.4 Å². The molecule has 1 rings (SSSR count). The second kappa shape index (κ2) is 53.5. The lowest BCUT2D eigenvalue weighted by Gasteiger charge is -2.40. The molecule has 1 saturated heterocycles. The summed E-state index contributed by atoms with van der Waals surface area (Å²) in [5.74, 6) is -3.37. The third-order valence-corrected chi connectivity index (χ3v) is 12.7. The van der Waals surface area contributed by atoms with Crippen LogP contribution in [0.25, 0.3) is 0 Å². The van der Waals surface area contributed by atoms with E-state index in [1.165, 1.54) is 38.5 Å². The average molecular weight is 1100 g/mol. The summed E-state index contributed by atoms with van der Waals surface area (Å²) in [6.45, 7) is 5.62. The van der Waals surface area contributed by atoms with Crippen molar-refractivity contribution in [2.75, 3.05) is 13.2 Å². The third-order valence-electron chi connectivity index (χ3n) is 12.7. The molecule has 0 spiro atoms. The number of carbonyl (C=O) groups excluding carboxylic acids is 3. The third kappa shape index (κ3) is 43.4. The van der Waals surface area contributed by atoms with Crippen LogP contribution in [0.2, 0.25) is 0 Å². The molecule has 444 valence electrons. The highest BCUT2D eigenvalue weighted by Gasteiger charge is 2.50. The summed E-state index contributed by atoms with van der Waals surface area (Å²) >= 11 is 0. The second-order valence-electron chi connectivity index (χ2n) is 19.9. The molecule has 12 nitrogen and oxygen atoms in total. The Hall–Kier alpha value is -5.14. The lowest BCUT2D eigenvalue weighted by Crippen LogP contribution is -2.61. The van der Waals surface area contributed by atoms with Gasteiger partial charge in [0.15, 0.2) is 24.6 Å². The van der Waals surface area contributed by atoms with E-state index in [4.69, 9.17) is 23.7 Å². The van der Waals surface area contributed by atoms with Gasteiger partial charge >= 0.3 is 23.9 Å². The molecule has 0 bridgehead atoms. The molecule has 1 aliphatic rings. The van der Waals surface area contributed by atoms with Crippen LogP contribution in [0, 0.1) is 0 Å². The van der Waals surface area contributed by atoms with Gasteiger partial charge < -0.3 is 39.0 Å². The second-order valence-corrected chi connectivity index (χ2v) is 19.9. The van der Waals surface area contributed by atoms with Gasteiger partial charge in [-0.2, -0.15) is 0 Å². The van der Waals surface area contributed by atoms with Crippen molar-refractivity contribution in [1.29, 1.82) is 0 Å². The van der Waals surface area contributed by atoms with Crippen LogP contribution in [0.3, 0.4) is 0 Å². The Labute approximate surface area is 477 Å². The number of carbonyl (C=O) groups is 4. The molecule has 0 aromatic carbocycles. The predicted molar refractivity (Wildman–Crippen MR) is 321 cm³/mol. The largest absolute Gasteiger partial charge is 0.479 e. The van der Waals surface area contributed by atoms with Crippen LogP contribution >= 0.6 is 0 Å². The van der Waals surface area contributed by atoms with E-state index >= 15 is 0 Å². The van der Waals surface area contributed by atoms with Gasteiger partial charge in [-0.25, -0.2) is 4.79 Å². The molecule has 1 aliphatic heterocycles. The van der Waals surface area contributed by atoms with Gasteiger partial charge in [-0.3, -0.25) is 14.4 Å². The lowest BCUT2D eigenvalue weighted by molar-refractivity contribution is -0.301. The number of rotatable bonds is 49. The summed E-state index contributed by atoms with van der Waals surface area (Å²) in [5, 5.41) is 31.5. The van der Waals surface area contributed by atoms with Crippen LogP contribution in [0.5, 0.6) is 0 Å². The number of carboxylic acids is 1. The number of aliphatic carboxylic acids is 1. The van der Waals surface area contributed by atoms with E-state index in [2.05, 4.69) is 124 Å². The summed E-state index contributed by atoms with van der Waals surface area (Å²) in [6.07, 6.45) is 63.1. The SMILES string of the molecule is CC/C=C\C/C=C\C/C=C\C/C=C\C/C=C\C/C=C\CCC(=O)OCC(COC1OC(C(=O)O)C(O)C(O)C1OC(=O)CCCCCCCCC/C=C\CCCCCCCC)OC(=O)CC/C=C\C/C=C\C/C=C\C/C=C\CC. The Kier molecular flexibility index (Phi) is 48.7. The Morgan fingerprint density at radius 2 is 0.823 bits per heavy atom. The van der Waals surface area contributed by atoms with Crippen molar-refractivity contribution in [1.82, 2.24) is 0 Å². The highest BCUT2D eigenvalue weighted by molar-refractivity contribution is 5.74. The molecule has 0 radical (unpaired) electrons. The number of hydrogen-bond donors (Lipinski definition) is 3. The number of allylic oxidation sites excluding steroid dienone is 22. The molecule has 1 heterocycles. The summed E-state index contributed by atoms with van der Waals surface area (Å²) in [6, 6.07) is 0. The highest BCUT2D eigenvalue weighted by Crippen LogP contribution is 2.26. The Morgan fingerprint density at radius 3 is 1.27 bits per heavy atom. The maximum absolute atomic E-state index is 13.1. The van der Waals surface area contributed by atoms with E-state index in [-0.39, 0.29) is 25.9 Å². The van der Waals surface area contributed by atoms with Gasteiger partial charge in [0.05, 0.1) is 6.61 Å². The van der Waals surface area contributed by atoms with Gasteiger partial charge in [0, 0.05) is 19.3 Å². The zero-order chi connectivity index (χ0) is 57.5. The van der Waals surface area contributed by atoms with Crippen molar-refractivity contribution in [2.24, 2.45) is 0 Å². The first-order valence-corrected chi connectivity index (χ1v) is 30.2. The molecule has 12 heteroatoms. The normalized spacial score (nSPS) is 18.8. The molecule has 6 atom stereocenters. The molecule has 0 amide bonds. The van der Waals surface area contributed by atoms with E-state index in [0.717, 1.165) is 103 Å². The predicted octanol–water partition coefficient (Wildman–Crippen LogP) is 15.8. The van der Waals surface area contributed by atoms with E-state index < -0.39 is 67.3 Å². The molecule has 3 N–H and O–H groups in total. The number of carboxylic acid groups (broad SMARTS) is 1. The van der Waals surface area contributed by atoms with Crippen LogP contribution in [0.15, 0.2) is 134 Å². The molecule has 0 saturated carbocycles. The minimum Gasteiger partial charge on any atom is -0.479 e. The Bertz CT molecular complexity index is 1880. The van der Waals surface area contributed by atoms with Gasteiger partial charge in [-0.1, -0.05) is 219 Å². The molecule has 0 aliphatic carbocycles. The van der Waals surface area contributed by atoms with Crippen molar-refractivity contribution in [3.05, 3.63) is 134 Å². The minimum atomic E-state index is -1.93. The van der Waals surface area contributed by atoms with Crippen molar-refractivity contribution < 1.29 is 58.2 Å². The topological polar surface area (TPSA) is 175 Å². The fourth-order valence-electron chi connectivity index (χ4n) is 8.17. The molecule has 0 aromatic heterocycles. The molecule has 79 heavy (non-hydrogen) atoms. The fourth-order valence-corrected chi connectivity index (χ4v) is 8.17. The summed E-state index contributed by atoms with van der Waals surface area (Å²) in [5.41, 5.74) is 0. The average Bonchev–Trinajstić information content (AvgIpc) is 3.47. The van der Waals surface area contributed by atoms with Gasteiger partial charge in [-0.15, -0.1) is 0 Å². The smallest absolute Gasteiger partial charge is 0.335 e. The zero-order valence-electron chi connectivity index (χ0n) is 48.8. The first kappa shape index (κ1) is 71.9. The first-order chi connectivity index (χ1) is 38.6. The number of aliphatic hydroxyl groups excluding tert-OH is 2. The summed E-state index contributed by atoms with van der Waals surface area (Å²) < 4.78 is 28.2. The van der Waals surface area contributed by atoms with Crippen LogP contribution in [-0.4, -0.2) is 89.2 Å². The van der Waals surface area contributed by atoms with E-state index in [0.29, 0.717) is 32.1 Å². The van der Waals surface area contributed by atoms with Crippen molar-refractivity contribution in [2.45, 2.75) is 250 Å². The standard InChI is InChI=1S/C67H104O12/c1-4-7-10-13-16-19-22-25-27-29-30-32-33-36-38-41-44-47-50-53-59(68)75-56-58(77-60(69)54-51-48-45-42-39-35-24-21-18-15-12-9-6-3)57-76-67-65(63(72)62(71)64(79-67)66(73)74)78-61(70)55-52-49-46-43-40-37-34-31-28-26-23-20-17-14-11-8-5-2/h7,9-10,12,16,18-19,21,25-28,30,32,35-36,38-39,44-45,47-48,58,62-65,67,71-72H,4-6,8,11,13-15,17,20,22-24,29,31,33-34,37,40-43,46,49-57H2,1-3H3,(H,73,74)/b10-7-,12-9-,19-16-,21-18-,27-25-,28-26-,32-30-,38-36-,39-35-,47-44-,48-45-. The van der Waals surface area contributed by atoms with Crippen molar-refractivity contribution in [3.8, 4) is 0 Å². The number of unbranched alkanes of at least 4 members (excludes halogenated alkanes) is 13. The number of aliphatic hydroxyl groups is 2. The van der Waals surface area contributed by atoms with Crippen molar-refractivity contribution >= 4 is 23.9 Å². The van der Waals surface area contributed by atoms with Crippen LogP contribution in [0.1, 0.15) is 213 Å². The van der Waals surface area contributed by atoms with Gasteiger partial charge in [0.2, 0.25) is 0 Å². The number of esters is 3. The molecular formula is C67H104O12. The molecule has 0 aromatic rings. The van der Waals surface area contributed by atoms with E-state index in [9.17, 15) is 34.5 Å². The molecule has 6 unspecified atom stereocenters. The molecular weight excluding hydrogens is 997 g/mol.